The molecule has 1 saturated heterocycles. The van der Waals surface area contributed by atoms with E-state index in [9.17, 15) is 14.4 Å². The lowest BCUT2D eigenvalue weighted by Gasteiger charge is -2.25. The van der Waals surface area contributed by atoms with Crippen LogP contribution in [0.25, 0.3) is 0 Å². The van der Waals surface area contributed by atoms with Crippen LogP contribution in [-0.2, 0) is 27.4 Å². The summed E-state index contributed by atoms with van der Waals surface area (Å²) in [6, 6.07) is 16.4. The van der Waals surface area contributed by atoms with E-state index in [-0.39, 0.29) is 43.3 Å². The molecule has 1 aromatic heterocycles. The van der Waals surface area contributed by atoms with Crippen LogP contribution >= 0.6 is 0 Å². The molecule has 41 heavy (non-hydrogen) atoms. The molecule has 4 bridgehead atoms. The molecule has 3 amide bonds. The van der Waals surface area contributed by atoms with E-state index < -0.39 is 12.1 Å². The van der Waals surface area contributed by atoms with Gasteiger partial charge in [-0.1, -0.05) is 18.2 Å². The van der Waals surface area contributed by atoms with Crippen LogP contribution in [0.3, 0.4) is 0 Å². The number of rotatable bonds is 3. The first-order chi connectivity index (χ1) is 20.0. The van der Waals surface area contributed by atoms with Crippen LogP contribution in [0.15, 0.2) is 60.8 Å². The summed E-state index contributed by atoms with van der Waals surface area (Å²) < 4.78 is 18.1. The van der Waals surface area contributed by atoms with Crippen LogP contribution in [-0.4, -0.2) is 77.4 Å². The Hall–Kier alpha value is -4.31. The van der Waals surface area contributed by atoms with Crippen molar-refractivity contribution >= 4 is 17.7 Å². The third-order valence-corrected chi connectivity index (χ3v) is 7.80. The highest BCUT2D eigenvalue weighted by molar-refractivity contribution is 5.93. The summed E-state index contributed by atoms with van der Waals surface area (Å²) in [6.07, 6.45) is 3.86. The quantitative estimate of drug-likeness (QED) is 0.510. The van der Waals surface area contributed by atoms with Gasteiger partial charge in [-0.05, 0) is 66.8 Å². The number of aryl methyl sites for hydroxylation is 1. The first kappa shape index (κ1) is 26.9. The number of aromatic amines is 1. The molecule has 4 aliphatic rings. The molecule has 1 aliphatic carbocycles. The predicted molar refractivity (Wildman–Crippen MR) is 150 cm³/mol. The van der Waals surface area contributed by atoms with E-state index in [1.165, 1.54) is 0 Å². The summed E-state index contributed by atoms with van der Waals surface area (Å²) in [4.78, 5) is 46.0. The zero-order valence-corrected chi connectivity index (χ0v) is 23.0. The Bertz CT molecular complexity index is 1420. The summed E-state index contributed by atoms with van der Waals surface area (Å²) in [5.74, 6) is 1.32. The molecular weight excluding hydrogens is 524 g/mol. The highest BCUT2D eigenvalue weighted by atomic mass is 16.5. The number of nitrogens with zero attached hydrogens (tertiary/aromatic N) is 2. The van der Waals surface area contributed by atoms with Gasteiger partial charge in [0.05, 0.1) is 32.4 Å². The number of carbonyl (C=O) groups is 3. The van der Waals surface area contributed by atoms with Crippen molar-refractivity contribution in [3.05, 3.63) is 77.6 Å². The minimum Gasteiger partial charge on any atom is -0.493 e. The summed E-state index contributed by atoms with van der Waals surface area (Å²) >= 11 is 0. The number of nitrogens with one attached hydrogen (secondary N) is 2. The van der Waals surface area contributed by atoms with Gasteiger partial charge in [-0.25, -0.2) is 0 Å². The fourth-order valence-electron chi connectivity index (χ4n) is 5.47. The van der Waals surface area contributed by atoms with E-state index in [1.54, 1.807) is 35.2 Å². The average molecular weight is 559 g/mol. The number of hydrogen-bond donors (Lipinski definition) is 2. The lowest BCUT2D eigenvalue weighted by atomic mass is 10.1. The monoisotopic (exact) mass is 558 g/mol. The Morgan fingerprint density at radius 2 is 1.88 bits per heavy atom. The number of amides is 3. The summed E-state index contributed by atoms with van der Waals surface area (Å²) in [6.45, 7) is 0.882. The van der Waals surface area contributed by atoms with Crippen LogP contribution < -0.4 is 14.8 Å². The van der Waals surface area contributed by atoms with E-state index in [4.69, 9.17) is 14.2 Å². The maximum atomic E-state index is 13.3. The van der Waals surface area contributed by atoms with Crippen molar-refractivity contribution in [2.24, 2.45) is 0 Å². The number of aromatic nitrogens is 1. The van der Waals surface area contributed by atoms with Gasteiger partial charge in [0.1, 0.15) is 11.4 Å². The molecule has 1 saturated carbocycles. The Morgan fingerprint density at radius 3 is 2.66 bits per heavy atom. The van der Waals surface area contributed by atoms with E-state index in [0.717, 1.165) is 24.0 Å². The molecule has 214 valence electrons. The SMILES string of the molecule is COc1cc2ccc1Oc1cccc(c1)CO[C@H]1CN(C(=O)c3ccc[nH]3)C[C@@H]1NC(=O)CN(C1CC1)C(=O)CC2. The summed E-state index contributed by atoms with van der Waals surface area (Å²) in [7, 11) is 1.59. The molecule has 0 spiro atoms. The number of carbonyl (C=O) groups excluding carboxylic acids is 3. The zero-order valence-electron chi connectivity index (χ0n) is 23.0. The molecule has 10 heteroatoms. The number of hydrogen-bond acceptors (Lipinski definition) is 6. The second-order valence-electron chi connectivity index (χ2n) is 10.8. The van der Waals surface area contributed by atoms with E-state index >= 15 is 0 Å². The molecule has 7 rings (SSSR count). The molecular formula is C31H34N4O6. The molecule has 3 aliphatic heterocycles. The average Bonchev–Trinajstić information content (AvgIpc) is 3.51. The molecule has 4 heterocycles. The van der Waals surface area contributed by atoms with Crippen molar-refractivity contribution in [3.8, 4) is 17.2 Å². The normalized spacial score (nSPS) is 21.8. The van der Waals surface area contributed by atoms with Crippen molar-refractivity contribution < 1.29 is 28.6 Å². The number of benzene rings is 2. The molecule has 10 nitrogen and oxygen atoms in total. The van der Waals surface area contributed by atoms with Gasteiger partial charge in [0.15, 0.2) is 11.5 Å². The Kier molecular flexibility index (Phi) is 7.65. The number of methoxy groups -OCH3 is 1. The fourth-order valence-corrected chi connectivity index (χ4v) is 5.47. The first-order valence-electron chi connectivity index (χ1n) is 14.0. The number of H-pyrrole nitrogens is 1. The fraction of sp³-hybridized carbons (Fsp3) is 0.387. The van der Waals surface area contributed by atoms with Crippen molar-refractivity contribution in [2.75, 3.05) is 26.7 Å². The third-order valence-electron chi connectivity index (χ3n) is 7.80. The number of likely N-dealkylation sites (tertiary alicyclic amines) is 1. The van der Waals surface area contributed by atoms with Gasteiger partial charge in [0.2, 0.25) is 11.8 Å². The Labute approximate surface area is 238 Å². The topological polar surface area (TPSA) is 113 Å². The minimum atomic E-state index is -0.429. The Balaban J connectivity index is 1.27. The maximum absolute atomic E-state index is 13.3. The van der Waals surface area contributed by atoms with Crippen LogP contribution in [0.5, 0.6) is 17.2 Å². The van der Waals surface area contributed by atoms with E-state index in [2.05, 4.69) is 10.3 Å². The van der Waals surface area contributed by atoms with Crippen LogP contribution in [0, 0.1) is 0 Å². The molecule has 0 unspecified atom stereocenters. The summed E-state index contributed by atoms with van der Waals surface area (Å²) in [5.41, 5.74) is 2.32. The minimum absolute atomic E-state index is 0.0184. The van der Waals surface area contributed by atoms with Crippen molar-refractivity contribution in [3.63, 3.8) is 0 Å². The van der Waals surface area contributed by atoms with Crippen LogP contribution in [0.1, 0.15) is 40.9 Å². The van der Waals surface area contributed by atoms with E-state index in [1.807, 2.05) is 42.5 Å². The highest BCUT2D eigenvalue weighted by Gasteiger charge is 2.39. The van der Waals surface area contributed by atoms with Gasteiger partial charge in [0.25, 0.3) is 5.91 Å². The molecule has 2 atom stereocenters. The second kappa shape index (κ2) is 11.7. The highest BCUT2D eigenvalue weighted by Crippen LogP contribution is 2.34. The van der Waals surface area contributed by atoms with Crippen LogP contribution in [0.4, 0.5) is 0 Å². The molecule has 2 N–H and O–H groups in total. The van der Waals surface area contributed by atoms with Crippen molar-refractivity contribution in [1.29, 1.82) is 0 Å². The van der Waals surface area contributed by atoms with Gasteiger partial charge >= 0.3 is 0 Å². The standard InChI is InChI=1S/C31H34N4O6/c1-39-27-15-20-7-11-26(27)41-23-5-2-4-21(14-23)19-40-28-17-34(31(38)24-6-3-13-32-24)16-25(28)33-29(36)18-35(22-9-10-22)30(37)12-8-20/h2-7,11,13-15,22,25,28,32H,8-10,12,16-19H2,1H3,(H,33,36)/t25-,28-/m0/s1. The number of ether oxygens (including phenoxy) is 3. The first-order valence-corrected chi connectivity index (χ1v) is 14.0. The molecule has 3 aromatic rings. The van der Waals surface area contributed by atoms with Crippen molar-refractivity contribution in [2.45, 2.75) is 50.5 Å². The zero-order chi connectivity index (χ0) is 28.3. The largest absolute Gasteiger partial charge is 0.493 e. The second-order valence-corrected chi connectivity index (χ2v) is 10.8. The van der Waals surface area contributed by atoms with Gasteiger partial charge in [-0.2, -0.15) is 0 Å². The Morgan fingerprint density at radius 1 is 1.00 bits per heavy atom. The van der Waals surface area contributed by atoms with Crippen molar-refractivity contribution in [1.82, 2.24) is 20.1 Å². The smallest absolute Gasteiger partial charge is 0.270 e. The molecule has 2 aromatic carbocycles. The van der Waals surface area contributed by atoms with Gasteiger partial charge in [-0.15, -0.1) is 0 Å². The predicted octanol–water partition coefficient (Wildman–Crippen LogP) is 3.28. The molecule has 2 fully saturated rings. The molecule has 0 radical (unpaired) electrons. The lowest BCUT2D eigenvalue weighted by Crippen LogP contribution is -2.49. The van der Waals surface area contributed by atoms with Crippen LogP contribution in [0.2, 0.25) is 0 Å². The lowest BCUT2D eigenvalue weighted by molar-refractivity contribution is -0.137. The van der Waals surface area contributed by atoms with Gasteiger partial charge < -0.3 is 34.3 Å². The van der Waals surface area contributed by atoms with E-state index in [0.29, 0.717) is 42.5 Å². The number of fused-ring (bicyclic) bond motifs is 9. The maximum Gasteiger partial charge on any atom is 0.270 e. The van der Waals surface area contributed by atoms with Gasteiger partial charge in [-0.3, -0.25) is 14.4 Å². The van der Waals surface area contributed by atoms with Gasteiger partial charge in [0, 0.05) is 31.7 Å². The third kappa shape index (κ3) is 6.22. The summed E-state index contributed by atoms with van der Waals surface area (Å²) in [5, 5.41) is 3.07.